The molecule has 0 aromatic heterocycles. The zero-order valence-electron chi connectivity index (χ0n) is 14.8. The molecule has 1 fully saturated rings. The molecule has 2 aromatic rings. The third-order valence-corrected chi connectivity index (χ3v) is 4.49. The highest BCUT2D eigenvalue weighted by Gasteiger charge is 2.51. The van der Waals surface area contributed by atoms with Crippen molar-refractivity contribution in [2.75, 3.05) is 11.9 Å². The Morgan fingerprint density at radius 2 is 1.64 bits per heavy atom. The van der Waals surface area contributed by atoms with Crippen LogP contribution in [0.2, 0.25) is 0 Å². The van der Waals surface area contributed by atoms with Gasteiger partial charge in [0.2, 0.25) is 5.91 Å². The van der Waals surface area contributed by atoms with Gasteiger partial charge in [-0.25, -0.2) is 18.0 Å². The predicted octanol–water partition coefficient (Wildman–Crippen LogP) is 2.90. The summed E-state index contributed by atoms with van der Waals surface area (Å²) in [6.07, 6.45) is 0.177. The highest BCUT2D eigenvalue weighted by atomic mass is 19.1. The standard InChI is InChI=1S/C19H16F3N3O3/c1-2-19(11-3-5-12(20)6-4-11)17(27)25(18(28)24-19)10-16(26)23-15-8-13(21)7-14(22)9-15/h3-9H,2,10H2,1H3,(H,23,26)(H,24,28). The fourth-order valence-corrected chi connectivity index (χ4v) is 3.11. The van der Waals surface area contributed by atoms with Crippen LogP contribution in [-0.4, -0.2) is 29.3 Å². The SMILES string of the molecule is CCC1(c2ccc(F)cc2)NC(=O)N(CC(=O)Nc2cc(F)cc(F)c2)C1=O. The van der Waals surface area contributed by atoms with Crippen molar-refractivity contribution >= 4 is 23.5 Å². The number of urea groups is 1. The number of nitrogens with one attached hydrogen (secondary N) is 2. The van der Waals surface area contributed by atoms with Crippen molar-refractivity contribution in [3.8, 4) is 0 Å². The minimum Gasteiger partial charge on any atom is -0.324 e. The molecular weight excluding hydrogens is 375 g/mol. The van der Waals surface area contributed by atoms with Crippen LogP contribution in [0.5, 0.6) is 0 Å². The van der Waals surface area contributed by atoms with E-state index in [2.05, 4.69) is 10.6 Å². The molecule has 1 heterocycles. The fraction of sp³-hybridized carbons (Fsp3) is 0.211. The Hall–Kier alpha value is -3.36. The molecule has 0 aliphatic carbocycles. The van der Waals surface area contributed by atoms with E-state index in [1.807, 2.05) is 0 Å². The lowest BCUT2D eigenvalue weighted by atomic mass is 9.87. The van der Waals surface area contributed by atoms with Crippen LogP contribution < -0.4 is 10.6 Å². The quantitative estimate of drug-likeness (QED) is 0.770. The molecule has 146 valence electrons. The average molecular weight is 391 g/mol. The van der Waals surface area contributed by atoms with E-state index in [1.165, 1.54) is 24.3 Å². The van der Waals surface area contributed by atoms with E-state index in [4.69, 9.17) is 0 Å². The second-order valence-electron chi connectivity index (χ2n) is 6.29. The van der Waals surface area contributed by atoms with E-state index in [0.717, 1.165) is 12.1 Å². The maximum Gasteiger partial charge on any atom is 0.325 e. The summed E-state index contributed by atoms with van der Waals surface area (Å²) < 4.78 is 39.6. The topological polar surface area (TPSA) is 78.5 Å². The van der Waals surface area contributed by atoms with Crippen LogP contribution in [0, 0.1) is 17.5 Å². The van der Waals surface area contributed by atoms with Gasteiger partial charge in [0.25, 0.3) is 5.91 Å². The van der Waals surface area contributed by atoms with Crippen molar-refractivity contribution in [1.82, 2.24) is 10.2 Å². The van der Waals surface area contributed by atoms with Gasteiger partial charge in [0.1, 0.15) is 29.5 Å². The van der Waals surface area contributed by atoms with Gasteiger partial charge in [-0.15, -0.1) is 0 Å². The summed E-state index contributed by atoms with van der Waals surface area (Å²) >= 11 is 0. The van der Waals surface area contributed by atoms with Crippen LogP contribution in [0.4, 0.5) is 23.7 Å². The van der Waals surface area contributed by atoms with Crippen molar-refractivity contribution in [2.45, 2.75) is 18.9 Å². The number of rotatable bonds is 5. The van der Waals surface area contributed by atoms with Gasteiger partial charge in [-0.3, -0.25) is 14.5 Å². The summed E-state index contributed by atoms with van der Waals surface area (Å²) in [6, 6.07) is 6.76. The van der Waals surface area contributed by atoms with Crippen molar-refractivity contribution in [3.63, 3.8) is 0 Å². The minimum absolute atomic E-state index is 0.144. The molecule has 4 amide bonds. The molecule has 0 radical (unpaired) electrons. The average Bonchev–Trinajstić information content (AvgIpc) is 2.86. The minimum atomic E-state index is -1.42. The Bertz CT molecular complexity index is 929. The van der Waals surface area contributed by atoms with Crippen LogP contribution in [0.3, 0.4) is 0 Å². The summed E-state index contributed by atoms with van der Waals surface area (Å²) in [6.45, 7) is 1.02. The van der Waals surface area contributed by atoms with E-state index >= 15 is 0 Å². The molecule has 1 saturated heterocycles. The number of carbonyl (C=O) groups is 3. The summed E-state index contributed by atoms with van der Waals surface area (Å²) in [5, 5.41) is 4.80. The number of amides is 4. The van der Waals surface area contributed by atoms with E-state index in [1.54, 1.807) is 6.92 Å². The third-order valence-electron chi connectivity index (χ3n) is 4.49. The molecule has 2 aromatic carbocycles. The fourth-order valence-electron chi connectivity index (χ4n) is 3.11. The summed E-state index contributed by atoms with van der Waals surface area (Å²) in [5.74, 6) is -3.74. The van der Waals surface area contributed by atoms with E-state index in [0.29, 0.717) is 16.5 Å². The molecule has 1 aliphatic rings. The number of halogens is 3. The molecule has 0 bridgehead atoms. The molecule has 1 atom stereocenters. The Labute approximate surface area is 158 Å². The number of hydrogen-bond donors (Lipinski definition) is 2. The summed E-state index contributed by atoms with van der Waals surface area (Å²) in [4.78, 5) is 38.1. The first-order chi connectivity index (χ1) is 13.2. The van der Waals surface area contributed by atoms with Gasteiger partial charge >= 0.3 is 6.03 Å². The van der Waals surface area contributed by atoms with Gasteiger partial charge in [-0.1, -0.05) is 19.1 Å². The molecule has 2 N–H and O–H groups in total. The van der Waals surface area contributed by atoms with Crippen molar-refractivity contribution < 1.29 is 27.6 Å². The summed E-state index contributed by atoms with van der Waals surface area (Å²) in [5.41, 5.74) is -1.18. The number of anilines is 1. The number of nitrogens with zero attached hydrogens (tertiary/aromatic N) is 1. The lowest BCUT2D eigenvalue weighted by Crippen LogP contribution is -2.44. The first-order valence-corrected chi connectivity index (χ1v) is 8.41. The zero-order chi connectivity index (χ0) is 20.5. The van der Waals surface area contributed by atoms with Crippen LogP contribution in [0.25, 0.3) is 0 Å². The lowest BCUT2D eigenvalue weighted by molar-refractivity contribution is -0.134. The second kappa shape index (κ2) is 7.34. The van der Waals surface area contributed by atoms with Crippen LogP contribution in [0.1, 0.15) is 18.9 Å². The van der Waals surface area contributed by atoms with E-state index < -0.39 is 47.4 Å². The normalized spacial score (nSPS) is 18.9. The number of benzene rings is 2. The molecule has 0 spiro atoms. The molecule has 9 heteroatoms. The van der Waals surface area contributed by atoms with Gasteiger partial charge in [-0.05, 0) is 36.2 Å². The van der Waals surface area contributed by atoms with Crippen LogP contribution in [-0.2, 0) is 15.1 Å². The molecule has 3 rings (SSSR count). The van der Waals surface area contributed by atoms with Crippen molar-refractivity contribution in [1.29, 1.82) is 0 Å². The van der Waals surface area contributed by atoms with Gasteiger partial charge < -0.3 is 10.6 Å². The van der Waals surface area contributed by atoms with Gasteiger partial charge in [0.05, 0.1) is 0 Å². The molecule has 1 aliphatic heterocycles. The van der Waals surface area contributed by atoms with Gasteiger partial charge in [0, 0.05) is 11.8 Å². The highest BCUT2D eigenvalue weighted by molar-refractivity contribution is 6.10. The second-order valence-corrected chi connectivity index (χ2v) is 6.29. The molecule has 6 nitrogen and oxygen atoms in total. The first-order valence-electron chi connectivity index (χ1n) is 8.41. The van der Waals surface area contributed by atoms with Crippen molar-refractivity contribution in [2.24, 2.45) is 0 Å². The first kappa shape index (κ1) is 19.4. The monoisotopic (exact) mass is 391 g/mol. The maximum absolute atomic E-state index is 13.2. The zero-order valence-corrected chi connectivity index (χ0v) is 14.8. The number of hydrogen-bond acceptors (Lipinski definition) is 3. The largest absolute Gasteiger partial charge is 0.325 e. The number of carbonyl (C=O) groups excluding carboxylic acids is 3. The van der Waals surface area contributed by atoms with Gasteiger partial charge in [-0.2, -0.15) is 0 Å². The van der Waals surface area contributed by atoms with Crippen LogP contribution >= 0.6 is 0 Å². The van der Waals surface area contributed by atoms with E-state index in [9.17, 15) is 27.6 Å². The Balaban J connectivity index is 1.79. The smallest absolute Gasteiger partial charge is 0.324 e. The summed E-state index contributed by atoms with van der Waals surface area (Å²) in [7, 11) is 0. The molecular formula is C19H16F3N3O3. The molecule has 1 unspecified atom stereocenters. The molecule has 28 heavy (non-hydrogen) atoms. The Morgan fingerprint density at radius 1 is 1.04 bits per heavy atom. The third kappa shape index (κ3) is 3.55. The predicted molar refractivity (Wildman–Crippen MR) is 93.6 cm³/mol. The Morgan fingerprint density at radius 3 is 2.21 bits per heavy atom. The van der Waals surface area contributed by atoms with Crippen molar-refractivity contribution in [3.05, 3.63) is 65.5 Å². The van der Waals surface area contributed by atoms with E-state index in [-0.39, 0.29) is 12.1 Å². The maximum atomic E-state index is 13.2. The van der Waals surface area contributed by atoms with Gasteiger partial charge in [0.15, 0.2) is 0 Å². The molecule has 0 saturated carbocycles. The number of imide groups is 1. The highest BCUT2D eigenvalue weighted by Crippen LogP contribution is 2.32. The lowest BCUT2D eigenvalue weighted by Gasteiger charge is -2.25. The Kier molecular flexibility index (Phi) is 5.08. The van der Waals surface area contributed by atoms with Crippen LogP contribution in [0.15, 0.2) is 42.5 Å².